The van der Waals surface area contributed by atoms with E-state index in [9.17, 15) is 9.18 Å². The monoisotopic (exact) mass is 411 g/mol. The Kier molecular flexibility index (Phi) is 6.79. The minimum Gasteiger partial charge on any atom is -0.497 e. The van der Waals surface area contributed by atoms with Crippen molar-refractivity contribution in [3.8, 4) is 17.2 Å². The molecule has 1 N–H and O–H groups in total. The fourth-order valence-corrected chi connectivity index (χ4v) is 2.72. The molecule has 7 nitrogen and oxygen atoms in total. The van der Waals surface area contributed by atoms with Crippen LogP contribution in [0.2, 0.25) is 0 Å². The van der Waals surface area contributed by atoms with Gasteiger partial charge >= 0.3 is 0 Å². The molecule has 3 aromatic rings. The highest BCUT2D eigenvalue weighted by Crippen LogP contribution is 2.25. The third-order valence-electron chi connectivity index (χ3n) is 4.33. The van der Waals surface area contributed by atoms with Crippen molar-refractivity contribution in [1.82, 2.24) is 9.97 Å². The Balaban J connectivity index is 1.69. The number of nitrogens with zero attached hydrogens (tertiary/aromatic N) is 2. The standard InChI is InChI=1S/C22H22FN3O4/c1-4-19(27)14-8-15(21(23)20(9-14)29-3)13-30-18-11-24-22(25-12-18)26-16-6-5-7-17(10-16)28-2/h5-12H,4,13H2,1-3H3,(H,24,25,26). The number of aromatic nitrogens is 2. The van der Waals surface area contributed by atoms with E-state index in [0.29, 0.717) is 29.4 Å². The van der Waals surface area contributed by atoms with Gasteiger partial charge in [-0.3, -0.25) is 4.79 Å². The topological polar surface area (TPSA) is 82.6 Å². The number of ketones is 1. The molecule has 0 aliphatic carbocycles. The van der Waals surface area contributed by atoms with E-state index < -0.39 is 5.82 Å². The zero-order valence-corrected chi connectivity index (χ0v) is 16.9. The van der Waals surface area contributed by atoms with Gasteiger partial charge in [-0.1, -0.05) is 13.0 Å². The number of anilines is 2. The first kappa shape index (κ1) is 21.0. The molecule has 0 aliphatic rings. The Bertz CT molecular complexity index is 1030. The van der Waals surface area contributed by atoms with Crippen molar-refractivity contribution in [1.29, 1.82) is 0 Å². The first-order chi connectivity index (χ1) is 14.5. The lowest BCUT2D eigenvalue weighted by molar-refractivity contribution is 0.0987. The molecule has 0 spiro atoms. The van der Waals surface area contributed by atoms with E-state index in [4.69, 9.17) is 14.2 Å². The average Bonchev–Trinajstić information content (AvgIpc) is 2.79. The minimum absolute atomic E-state index is 0.00184. The molecule has 1 aromatic heterocycles. The predicted octanol–water partition coefficient (Wildman–Crippen LogP) is 4.55. The van der Waals surface area contributed by atoms with Crippen molar-refractivity contribution in [3.05, 3.63) is 65.7 Å². The van der Waals surface area contributed by atoms with Gasteiger partial charge in [0.1, 0.15) is 12.4 Å². The van der Waals surface area contributed by atoms with Crippen LogP contribution in [-0.2, 0) is 6.61 Å². The molecule has 0 atom stereocenters. The van der Waals surface area contributed by atoms with Gasteiger partial charge < -0.3 is 19.5 Å². The summed E-state index contributed by atoms with van der Waals surface area (Å²) in [5, 5.41) is 3.06. The van der Waals surface area contributed by atoms with Gasteiger partial charge in [0.15, 0.2) is 23.1 Å². The lowest BCUT2D eigenvalue weighted by atomic mass is 10.0. The number of carbonyl (C=O) groups is 1. The Hall–Kier alpha value is -3.68. The van der Waals surface area contributed by atoms with Gasteiger partial charge in [0.05, 0.1) is 26.6 Å². The quantitative estimate of drug-likeness (QED) is 0.517. The summed E-state index contributed by atoms with van der Waals surface area (Å²) in [6.45, 7) is 1.64. The lowest BCUT2D eigenvalue weighted by Crippen LogP contribution is -2.06. The van der Waals surface area contributed by atoms with Crippen LogP contribution in [-0.4, -0.2) is 30.0 Å². The second-order valence-corrected chi connectivity index (χ2v) is 6.32. The van der Waals surface area contributed by atoms with Gasteiger partial charge in [0.25, 0.3) is 0 Å². The van der Waals surface area contributed by atoms with E-state index in [2.05, 4.69) is 15.3 Å². The number of benzene rings is 2. The molecule has 1 heterocycles. The second-order valence-electron chi connectivity index (χ2n) is 6.32. The fourth-order valence-electron chi connectivity index (χ4n) is 2.72. The molecule has 2 aromatic carbocycles. The molecule has 0 saturated heterocycles. The Labute approximate surface area is 173 Å². The number of hydrogen-bond acceptors (Lipinski definition) is 7. The van der Waals surface area contributed by atoms with Crippen molar-refractivity contribution >= 4 is 17.4 Å². The zero-order valence-electron chi connectivity index (χ0n) is 16.9. The summed E-state index contributed by atoms with van der Waals surface area (Å²) in [5.41, 5.74) is 1.36. The number of carbonyl (C=O) groups excluding carboxylic acids is 1. The highest BCUT2D eigenvalue weighted by atomic mass is 19.1. The Morgan fingerprint density at radius 3 is 2.50 bits per heavy atom. The molecule has 0 amide bonds. The molecular weight excluding hydrogens is 389 g/mol. The van der Waals surface area contributed by atoms with E-state index in [1.54, 1.807) is 14.0 Å². The normalized spacial score (nSPS) is 10.4. The number of rotatable bonds is 9. The van der Waals surface area contributed by atoms with E-state index >= 15 is 0 Å². The number of ether oxygens (including phenoxy) is 3. The molecule has 8 heteroatoms. The molecule has 0 radical (unpaired) electrons. The van der Waals surface area contributed by atoms with Crippen LogP contribution in [0, 0.1) is 5.82 Å². The number of halogens is 1. The number of Topliss-reactive ketones (excluding diaryl/α,β-unsaturated/α-hetero) is 1. The molecule has 30 heavy (non-hydrogen) atoms. The SMILES string of the molecule is CCC(=O)c1cc(COc2cnc(Nc3cccc(OC)c3)nc2)c(F)c(OC)c1. The van der Waals surface area contributed by atoms with Crippen molar-refractivity contribution in [2.24, 2.45) is 0 Å². The van der Waals surface area contributed by atoms with Crippen LogP contribution < -0.4 is 19.5 Å². The van der Waals surface area contributed by atoms with Crippen LogP contribution >= 0.6 is 0 Å². The average molecular weight is 411 g/mol. The molecule has 0 unspecified atom stereocenters. The molecule has 0 aliphatic heterocycles. The van der Waals surface area contributed by atoms with Crippen LogP contribution in [0.3, 0.4) is 0 Å². The van der Waals surface area contributed by atoms with Crippen LogP contribution in [0.4, 0.5) is 16.0 Å². The zero-order chi connectivity index (χ0) is 21.5. The van der Waals surface area contributed by atoms with Gasteiger partial charge in [-0.25, -0.2) is 14.4 Å². The third-order valence-corrected chi connectivity index (χ3v) is 4.33. The summed E-state index contributed by atoms with van der Waals surface area (Å²) in [7, 11) is 2.94. The van der Waals surface area contributed by atoms with Crippen molar-refractivity contribution in [2.75, 3.05) is 19.5 Å². The molecule has 156 valence electrons. The Morgan fingerprint density at radius 2 is 1.83 bits per heavy atom. The minimum atomic E-state index is -0.567. The van der Waals surface area contributed by atoms with Crippen LogP contribution in [0.15, 0.2) is 48.8 Å². The first-order valence-electron chi connectivity index (χ1n) is 9.29. The van der Waals surface area contributed by atoms with Crippen molar-refractivity contribution in [2.45, 2.75) is 20.0 Å². The molecule has 0 bridgehead atoms. The van der Waals surface area contributed by atoms with Crippen molar-refractivity contribution < 1.29 is 23.4 Å². The molecule has 3 rings (SSSR count). The third kappa shape index (κ3) is 5.02. The lowest BCUT2D eigenvalue weighted by Gasteiger charge is -2.12. The summed E-state index contributed by atoms with van der Waals surface area (Å²) in [5.74, 6) is 0.771. The largest absolute Gasteiger partial charge is 0.497 e. The van der Waals surface area contributed by atoms with Crippen molar-refractivity contribution in [3.63, 3.8) is 0 Å². The highest BCUT2D eigenvalue weighted by molar-refractivity contribution is 5.96. The summed E-state index contributed by atoms with van der Waals surface area (Å²) in [6, 6.07) is 10.2. The van der Waals surface area contributed by atoms with Gasteiger partial charge in [-0.05, 0) is 24.3 Å². The smallest absolute Gasteiger partial charge is 0.227 e. The summed E-state index contributed by atoms with van der Waals surface area (Å²) in [4.78, 5) is 20.4. The summed E-state index contributed by atoms with van der Waals surface area (Å²) < 4.78 is 30.3. The number of hydrogen-bond donors (Lipinski definition) is 1. The van der Waals surface area contributed by atoms with Gasteiger partial charge in [-0.15, -0.1) is 0 Å². The fraction of sp³-hybridized carbons (Fsp3) is 0.227. The van der Waals surface area contributed by atoms with Crippen LogP contribution in [0.1, 0.15) is 29.3 Å². The summed E-state index contributed by atoms with van der Waals surface area (Å²) >= 11 is 0. The van der Waals surface area contributed by atoms with E-state index in [1.807, 2.05) is 24.3 Å². The maximum Gasteiger partial charge on any atom is 0.227 e. The molecule has 0 saturated carbocycles. The van der Waals surface area contributed by atoms with Gasteiger partial charge in [0.2, 0.25) is 5.95 Å². The first-order valence-corrected chi connectivity index (χ1v) is 9.29. The predicted molar refractivity (Wildman–Crippen MR) is 110 cm³/mol. The molecular formula is C22H22FN3O4. The number of nitrogens with one attached hydrogen (secondary N) is 1. The Morgan fingerprint density at radius 1 is 1.07 bits per heavy atom. The van der Waals surface area contributed by atoms with E-state index in [1.165, 1.54) is 31.6 Å². The molecule has 0 fully saturated rings. The van der Waals surface area contributed by atoms with Gasteiger partial charge in [-0.2, -0.15) is 0 Å². The van der Waals surface area contributed by atoms with Crippen LogP contribution in [0.25, 0.3) is 0 Å². The maximum absolute atomic E-state index is 14.5. The highest BCUT2D eigenvalue weighted by Gasteiger charge is 2.15. The van der Waals surface area contributed by atoms with Gasteiger partial charge in [0, 0.05) is 29.3 Å². The second kappa shape index (κ2) is 9.69. The van der Waals surface area contributed by atoms with E-state index in [0.717, 1.165) is 5.69 Å². The maximum atomic E-state index is 14.5. The summed E-state index contributed by atoms with van der Waals surface area (Å²) in [6.07, 6.45) is 3.27. The number of methoxy groups -OCH3 is 2. The van der Waals surface area contributed by atoms with Crippen LogP contribution in [0.5, 0.6) is 17.2 Å². The van der Waals surface area contributed by atoms with E-state index in [-0.39, 0.29) is 23.7 Å².